The molecule has 0 saturated heterocycles. The summed E-state index contributed by atoms with van der Waals surface area (Å²) in [5.41, 5.74) is 2.37. The van der Waals surface area contributed by atoms with E-state index in [9.17, 15) is 9.18 Å². The highest BCUT2D eigenvalue weighted by Gasteiger charge is 2.17. The molecule has 130 valence electrons. The van der Waals surface area contributed by atoms with E-state index in [0.29, 0.717) is 16.8 Å². The Morgan fingerprint density at radius 3 is 2.65 bits per heavy atom. The molecular formula is C20H16FN3OS. The number of benzene rings is 1. The van der Waals surface area contributed by atoms with Crippen molar-refractivity contribution in [2.75, 3.05) is 0 Å². The van der Waals surface area contributed by atoms with Gasteiger partial charge in [-0.3, -0.25) is 14.3 Å². The van der Waals surface area contributed by atoms with Crippen LogP contribution in [0.15, 0.2) is 53.6 Å². The summed E-state index contributed by atoms with van der Waals surface area (Å²) < 4.78 is 15.2. The minimum absolute atomic E-state index is 0.104. The Kier molecular flexibility index (Phi) is 4.12. The Morgan fingerprint density at radius 1 is 1.15 bits per heavy atom. The van der Waals surface area contributed by atoms with E-state index in [-0.39, 0.29) is 17.9 Å². The third kappa shape index (κ3) is 2.82. The van der Waals surface area contributed by atoms with E-state index in [1.165, 1.54) is 23.5 Å². The van der Waals surface area contributed by atoms with Gasteiger partial charge in [-0.25, -0.2) is 9.37 Å². The fourth-order valence-corrected chi connectivity index (χ4v) is 4.03. The Bertz CT molecular complexity index is 1170. The van der Waals surface area contributed by atoms with Crippen molar-refractivity contribution in [2.45, 2.75) is 20.4 Å². The summed E-state index contributed by atoms with van der Waals surface area (Å²) in [5.74, 6) is 0.244. The zero-order valence-corrected chi connectivity index (χ0v) is 15.2. The Labute approximate surface area is 153 Å². The molecule has 0 N–H and O–H groups in total. The van der Waals surface area contributed by atoms with Crippen molar-refractivity contribution in [3.63, 3.8) is 0 Å². The van der Waals surface area contributed by atoms with Crippen molar-refractivity contribution < 1.29 is 4.39 Å². The number of nitrogens with zero attached hydrogens (tertiary/aromatic N) is 3. The van der Waals surface area contributed by atoms with Crippen LogP contribution in [0.3, 0.4) is 0 Å². The van der Waals surface area contributed by atoms with Gasteiger partial charge in [-0.05, 0) is 49.2 Å². The van der Waals surface area contributed by atoms with E-state index in [2.05, 4.69) is 4.98 Å². The minimum Gasteiger partial charge on any atom is -0.288 e. The predicted molar refractivity (Wildman–Crippen MR) is 102 cm³/mol. The molecule has 0 aliphatic carbocycles. The molecule has 1 aromatic carbocycles. The number of halogens is 1. The first-order valence-electron chi connectivity index (χ1n) is 8.20. The summed E-state index contributed by atoms with van der Waals surface area (Å²) in [6, 6.07) is 9.93. The first kappa shape index (κ1) is 16.6. The molecule has 0 spiro atoms. The van der Waals surface area contributed by atoms with E-state index in [0.717, 1.165) is 20.8 Å². The van der Waals surface area contributed by atoms with E-state index >= 15 is 0 Å². The van der Waals surface area contributed by atoms with Crippen LogP contribution in [-0.2, 0) is 6.54 Å². The molecule has 0 aliphatic heterocycles. The number of hydrogen-bond acceptors (Lipinski definition) is 4. The van der Waals surface area contributed by atoms with Gasteiger partial charge in [0.1, 0.15) is 16.5 Å². The molecule has 0 bridgehead atoms. The molecule has 0 aliphatic rings. The first-order chi connectivity index (χ1) is 12.5. The number of rotatable bonds is 3. The number of thiophene rings is 1. The summed E-state index contributed by atoms with van der Waals surface area (Å²) in [4.78, 5) is 23.9. The van der Waals surface area contributed by atoms with E-state index < -0.39 is 0 Å². The van der Waals surface area contributed by atoms with Gasteiger partial charge in [-0.15, -0.1) is 11.3 Å². The summed E-state index contributed by atoms with van der Waals surface area (Å²) in [6.07, 6.45) is 3.34. The third-order valence-electron chi connectivity index (χ3n) is 4.46. The molecular weight excluding hydrogens is 349 g/mol. The molecule has 0 amide bonds. The van der Waals surface area contributed by atoms with Crippen LogP contribution < -0.4 is 5.56 Å². The predicted octanol–water partition coefficient (Wildman–Crippen LogP) is 4.32. The summed E-state index contributed by atoms with van der Waals surface area (Å²) >= 11 is 1.52. The number of hydrogen-bond donors (Lipinski definition) is 0. The van der Waals surface area contributed by atoms with Crippen molar-refractivity contribution in [3.05, 3.63) is 81.0 Å². The molecule has 4 rings (SSSR count). The maximum absolute atomic E-state index is 13.6. The molecule has 4 nitrogen and oxygen atoms in total. The average Bonchev–Trinajstić information content (AvgIpc) is 2.92. The van der Waals surface area contributed by atoms with Crippen LogP contribution in [0.25, 0.3) is 21.6 Å². The van der Waals surface area contributed by atoms with Gasteiger partial charge in [0.05, 0.1) is 11.9 Å². The van der Waals surface area contributed by atoms with Crippen LogP contribution in [0.5, 0.6) is 0 Å². The zero-order chi connectivity index (χ0) is 18.3. The van der Waals surface area contributed by atoms with Gasteiger partial charge in [-0.1, -0.05) is 12.1 Å². The first-order valence-corrected chi connectivity index (χ1v) is 9.01. The standard InChI is InChI=1S/C20H16FN3OS/c1-12-13(2)26-19-17(12)20(25)24(11-14-4-3-5-16(21)10-14)18(23-19)15-6-8-22-9-7-15/h3-10H,11H2,1-2H3. The third-order valence-corrected chi connectivity index (χ3v) is 5.56. The summed E-state index contributed by atoms with van der Waals surface area (Å²) in [5, 5.41) is 0.640. The molecule has 0 fully saturated rings. The van der Waals surface area contributed by atoms with Crippen molar-refractivity contribution in [1.29, 1.82) is 0 Å². The molecule has 4 aromatic rings. The maximum Gasteiger partial charge on any atom is 0.263 e. The Morgan fingerprint density at radius 2 is 1.92 bits per heavy atom. The topological polar surface area (TPSA) is 47.8 Å². The Balaban J connectivity index is 2.00. The number of pyridine rings is 1. The quantitative estimate of drug-likeness (QED) is 0.543. The minimum atomic E-state index is -0.322. The van der Waals surface area contributed by atoms with Gasteiger partial charge in [0, 0.05) is 22.8 Å². The van der Waals surface area contributed by atoms with Crippen LogP contribution >= 0.6 is 11.3 Å². The van der Waals surface area contributed by atoms with Gasteiger partial charge in [0.2, 0.25) is 0 Å². The van der Waals surface area contributed by atoms with Crippen LogP contribution in [0.4, 0.5) is 4.39 Å². The lowest BCUT2D eigenvalue weighted by atomic mass is 10.1. The van der Waals surface area contributed by atoms with Gasteiger partial charge in [0.25, 0.3) is 5.56 Å². The number of fused-ring (bicyclic) bond motifs is 1. The second-order valence-corrected chi connectivity index (χ2v) is 7.36. The van der Waals surface area contributed by atoms with Crippen molar-refractivity contribution in [2.24, 2.45) is 0 Å². The highest BCUT2D eigenvalue weighted by atomic mass is 32.1. The van der Waals surface area contributed by atoms with Crippen LogP contribution in [-0.4, -0.2) is 14.5 Å². The smallest absolute Gasteiger partial charge is 0.263 e. The largest absolute Gasteiger partial charge is 0.288 e. The van der Waals surface area contributed by atoms with Crippen molar-refractivity contribution >= 4 is 21.6 Å². The highest BCUT2D eigenvalue weighted by Crippen LogP contribution is 2.28. The average molecular weight is 365 g/mol. The number of aryl methyl sites for hydroxylation is 2. The van der Waals surface area contributed by atoms with Crippen LogP contribution in [0, 0.1) is 19.7 Å². The van der Waals surface area contributed by atoms with Crippen LogP contribution in [0.2, 0.25) is 0 Å². The van der Waals surface area contributed by atoms with Crippen molar-refractivity contribution in [3.8, 4) is 11.4 Å². The van der Waals surface area contributed by atoms with Gasteiger partial charge < -0.3 is 0 Å². The summed E-state index contributed by atoms with van der Waals surface area (Å²) in [7, 11) is 0. The molecule has 0 unspecified atom stereocenters. The second kappa shape index (κ2) is 6.46. The van der Waals surface area contributed by atoms with Crippen molar-refractivity contribution in [1.82, 2.24) is 14.5 Å². The normalized spacial score (nSPS) is 11.2. The Hall–Kier alpha value is -2.86. The lowest BCUT2D eigenvalue weighted by molar-refractivity contribution is 0.623. The zero-order valence-electron chi connectivity index (χ0n) is 14.4. The fourth-order valence-electron chi connectivity index (χ4n) is 3.01. The fraction of sp³-hybridized carbons (Fsp3) is 0.150. The lowest BCUT2D eigenvalue weighted by Crippen LogP contribution is -2.24. The monoisotopic (exact) mass is 365 g/mol. The highest BCUT2D eigenvalue weighted by molar-refractivity contribution is 7.18. The van der Waals surface area contributed by atoms with Crippen LogP contribution in [0.1, 0.15) is 16.0 Å². The molecule has 0 radical (unpaired) electrons. The lowest BCUT2D eigenvalue weighted by Gasteiger charge is -2.13. The maximum atomic E-state index is 13.6. The molecule has 26 heavy (non-hydrogen) atoms. The van der Waals surface area contributed by atoms with Gasteiger partial charge in [-0.2, -0.15) is 0 Å². The SMILES string of the molecule is Cc1sc2nc(-c3ccncc3)n(Cc3cccc(F)c3)c(=O)c2c1C. The van der Waals surface area contributed by atoms with E-state index in [4.69, 9.17) is 4.98 Å². The molecule has 3 aromatic heterocycles. The van der Waals surface area contributed by atoms with E-state index in [1.807, 2.05) is 32.0 Å². The molecule has 6 heteroatoms. The van der Waals surface area contributed by atoms with E-state index in [1.54, 1.807) is 23.0 Å². The molecule has 0 atom stereocenters. The van der Waals surface area contributed by atoms with Gasteiger partial charge in [0.15, 0.2) is 0 Å². The molecule has 3 heterocycles. The number of aromatic nitrogens is 3. The van der Waals surface area contributed by atoms with Gasteiger partial charge >= 0.3 is 0 Å². The molecule has 0 saturated carbocycles. The second-order valence-electron chi connectivity index (χ2n) is 6.16. The summed E-state index contributed by atoms with van der Waals surface area (Å²) in [6.45, 7) is 4.19.